The highest BCUT2D eigenvalue weighted by atomic mass is 16.5. The van der Waals surface area contributed by atoms with E-state index in [1.165, 1.54) is 0 Å². The number of nitrogens with zero attached hydrogens (tertiary/aromatic N) is 3. The van der Waals surface area contributed by atoms with Gasteiger partial charge in [-0.3, -0.25) is 0 Å². The molecule has 1 saturated carbocycles. The van der Waals surface area contributed by atoms with Crippen LogP contribution in [-0.4, -0.2) is 40.3 Å². The van der Waals surface area contributed by atoms with E-state index in [1.54, 1.807) is 0 Å². The molecule has 7 heteroatoms. The summed E-state index contributed by atoms with van der Waals surface area (Å²) in [5, 5.41) is 3.29. The van der Waals surface area contributed by atoms with Crippen molar-refractivity contribution in [3.05, 3.63) is 0 Å². The van der Waals surface area contributed by atoms with Gasteiger partial charge < -0.3 is 20.5 Å². The number of hydrogen-bond donors (Lipinski definition) is 2. The summed E-state index contributed by atoms with van der Waals surface area (Å²) in [6, 6.07) is 0.497. The smallest absolute Gasteiger partial charge is 0.323 e. The molecule has 1 heterocycles. The zero-order valence-corrected chi connectivity index (χ0v) is 12.5. The van der Waals surface area contributed by atoms with Gasteiger partial charge in [0, 0.05) is 18.1 Å². The van der Waals surface area contributed by atoms with Gasteiger partial charge in [-0.1, -0.05) is 13.8 Å². The zero-order chi connectivity index (χ0) is 14.8. The predicted molar refractivity (Wildman–Crippen MR) is 76.6 cm³/mol. The van der Waals surface area contributed by atoms with E-state index in [-0.39, 0.29) is 29.5 Å². The molecule has 112 valence electrons. The van der Waals surface area contributed by atoms with Gasteiger partial charge in [0.25, 0.3) is 0 Å². The topological polar surface area (TPSA) is 95.2 Å². The molecule has 0 aromatic carbocycles. The summed E-state index contributed by atoms with van der Waals surface area (Å²) < 4.78 is 11.0. The van der Waals surface area contributed by atoms with Crippen molar-refractivity contribution in [1.29, 1.82) is 0 Å². The second-order valence-electron chi connectivity index (χ2n) is 5.43. The Balaban J connectivity index is 2.04. The molecule has 0 bridgehead atoms. The lowest BCUT2D eigenvalue weighted by Gasteiger charge is -2.51. The average molecular weight is 281 g/mol. The van der Waals surface area contributed by atoms with Crippen molar-refractivity contribution in [2.45, 2.75) is 46.3 Å². The molecule has 0 amide bonds. The molecule has 0 spiro atoms. The minimum absolute atomic E-state index is 0.0309. The number of rotatable bonds is 6. The lowest BCUT2D eigenvalue weighted by molar-refractivity contribution is -0.0977. The molecule has 0 aliphatic heterocycles. The van der Waals surface area contributed by atoms with Crippen LogP contribution in [0.5, 0.6) is 6.01 Å². The Kier molecular flexibility index (Phi) is 4.27. The Morgan fingerprint density at radius 1 is 1.25 bits per heavy atom. The third-order valence-electron chi connectivity index (χ3n) is 3.75. The molecule has 3 N–H and O–H groups in total. The van der Waals surface area contributed by atoms with Gasteiger partial charge in [-0.2, -0.15) is 15.0 Å². The monoisotopic (exact) mass is 281 g/mol. The first-order chi connectivity index (χ1) is 9.47. The number of nitrogens with one attached hydrogen (secondary N) is 1. The lowest BCUT2D eigenvalue weighted by atomic mass is 9.64. The van der Waals surface area contributed by atoms with E-state index in [0.29, 0.717) is 12.6 Å². The Morgan fingerprint density at radius 3 is 2.60 bits per heavy atom. The van der Waals surface area contributed by atoms with Crippen LogP contribution in [0.2, 0.25) is 0 Å². The van der Waals surface area contributed by atoms with Gasteiger partial charge in [-0.05, 0) is 20.3 Å². The molecule has 2 unspecified atom stereocenters. The molecule has 2 atom stereocenters. The minimum Gasteiger partial charge on any atom is -0.464 e. The molecule has 1 fully saturated rings. The van der Waals surface area contributed by atoms with E-state index in [1.807, 2.05) is 13.8 Å². The van der Waals surface area contributed by atoms with Crippen LogP contribution in [0.15, 0.2) is 0 Å². The maximum atomic E-state index is 5.70. The number of anilines is 2. The highest BCUT2D eigenvalue weighted by Gasteiger charge is 2.49. The number of hydrogen-bond acceptors (Lipinski definition) is 7. The van der Waals surface area contributed by atoms with Crippen LogP contribution in [0.1, 0.15) is 34.1 Å². The summed E-state index contributed by atoms with van der Waals surface area (Å²) in [5.41, 5.74) is 5.69. The van der Waals surface area contributed by atoms with Crippen LogP contribution >= 0.6 is 0 Å². The highest BCUT2D eigenvalue weighted by Crippen LogP contribution is 2.44. The molecule has 1 aromatic heterocycles. The first kappa shape index (κ1) is 14.8. The number of ether oxygens (including phenoxy) is 2. The maximum absolute atomic E-state index is 5.70. The van der Waals surface area contributed by atoms with E-state index < -0.39 is 0 Å². The fourth-order valence-electron chi connectivity index (χ4n) is 2.40. The first-order valence-corrected chi connectivity index (χ1v) is 6.99. The van der Waals surface area contributed by atoms with Gasteiger partial charge >= 0.3 is 6.01 Å². The van der Waals surface area contributed by atoms with Crippen molar-refractivity contribution < 1.29 is 9.47 Å². The summed E-state index contributed by atoms with van der Waals surface area (Å²) in [7, 11) is 0. The zero-order valence-electron chi connectivity index (χ0n) is 12.5. The van der Waals surface area contributed by atoms with Crippen LogP contribution in [0.25, 0.3) is 0 Å². The molecule has 0 radical (unpaired) electrons. The maximum Gasteiger partial charge on any atom is 0.323 e. The molecular formula is C13H23N5O2. The van der Waals surface area contributed by atoms with Crippen molar-refractivity contribution in [3.8, 4) is 6.01 Å². The second kappa shape index (κ2) is 5.78. The van der Waals surface area contributed by atoms with Crippen LogP contribution in [0.3, 0.4) is 0 Å². The van der Waals surface area contributed by atoms with Crippen molar-refractivity contribution in [1.82, 2.24) is 15.0 Å². The third kappa shape index (κ3) is 2.92. The van der Waals surface area contributed by atoms with E-state index in [2.05, 4.69) is 34.1 Å². The molecule has 1 aromatic rings. The molecule has 20 heavy (non-hydrogen) atoms. The van der Waals surface area contributed by atoms with E-state index in [9.17, 15) is 0 Å². The van der Waals surface area contributed by atoms with Crippen LogP contribution in [0, 0.1) is 5.41 Å². The molecule has 2 rings (SSSR count). The van der Waals surface area contributed by atoms with Crippen LogP contribution in [-0.2, 0) is 4.74 Å². The van der Waals surface area contributed by atoms with Crippen LogP contribution < -0.4 is 15.8 Å². The number of aromatic nitrogens is 3. The summed E-state index contributed by atoms with van der Waals surface area (Å²) in [6.07, 6.45) is 1.19. The Morgan fingerprint density at radius 2 is 2.00 bits per heavy atom. The fraction of sp³-hybridized carbons (Fsp3) is 0.769. The van der Waals surface area contributed by atoms with Crippen molar-refractivity contribution >= 4 is 11.9 Å². The molecular weight excluding hydrogens is 258 g/mol. The standard InChI is InChI=1S/C13H23N5O2/c1-5-19-9-7-8(13(9,3)4)15-11-16-10(14)17-12(18-11)20-6-2/h8-9H,5-7H2,1-4H3,(H3,14,15,16,17,18). The minimum atomic E-state index is 0.0309. The van der Waals surface area contributed by atoms with Gasteiger partial charge in [0.15, 0.2) is 0 Å². The van der Waals surface area contributed by atoms with Crippen molar-refractivity contribution in [3.63, 3.8) is 0 Å². The summed E-state index contributed by atoms with van der Waals surface area (Å²) in [5.74, 6) is 0.610. The van der Waals surface area contributed by atoms with Gasteiger partial charge in [0.1, 0.15) is 0 Å². The normalized spacial score (nSPS) is 24.0. The van der Waals surface area contributed by atoms with E-state index in [4.69, 9.17) is 15.2 Å². The molecule has 1 aliphatic carbocycles. The SMILES string of the molecule is CCOc1nc(N)nc(NC2CC(OCC)C2(C)C)n1. The number of nitrogens with two attached hydrogens (primary N) is 1. The van der Waals surface area contributed by atoms with E-state index >= 15 is 0 Å². The van der Waals surface area contributed by atoms with E-state index in [0.717, 1.165) is 13.0 Å². The Labute approximate surface area is 119 Å². The first-order valence-electron chi connectivity index (χ1n) is 6.99. The third-order valence-corrected chi connectivity index (χ3v) is 3.75. The molecule has 7 nitrogen and oxygen atoms in total. The highest BCUT2D eigenvalue weighted by molar-refractivity contribution is 5.35. The molecule has 1 aliphatic rings. The predicted octanol–water partition coefficient (Wildman–Crippen LogP) is 1.47. The molecule has 0 saturated heterocycles. The summed E-state index contributed by atoms with van der Waals surface area (Å²) in [6.45, 7) is 9.44. The van der Waals surface area contributed by atoms with Gasteiger partial charge in [0.2, 0.25) is 11.9 Å². The van der Waals surface area contributed by atoms with Gasteiger partial charge in [-0.25, -0.2) is 0 Å². The lowest BCUT2D eigenvalue weighted by Crippen LogP contribution is -2.58. The van der Waals surface area contributed by atoms with Gasteiger partial charge in [0.05, 0.1) is 12.7 Å². The fourth-order valence-corrected chi connectivity index (χ4v) is 2.40. The van der Waals surface area contributed by atoms with Crippen molar-refractivity contribution in [2.75, 3.05) is 24.3 Å². The van der Waals surface area contributed by atoms with Crippen molar-refractivity contribution in [2.24, 2.45) is 5.41 Å². The quantitative estimate of drug-likeness (QED) is 0.815. The average Bonchev–Trinajstić information content (AvgIpc) is 2.37. The summed E-state index contributed by atoms with van der Waals surface area (Å²) >= 11 is 0. The van der Waals surface area contributed by atoms with Crippen LogP contribution in [0.4, 0.5) is 11.9 Å². The Hall–Kier alpha value is -1.63. The number of nitrogen functional groups attached to an aromatic ring is 1. The second-order valence-corrected chi connectivity index (χ2v) is 5.43. The van der Waals surface area contributed by atoms with Gasteiger partial charge in [-0.15, -0.1) is 0 Å². The summed E-state index contributed by atoms with van der Waals surface area (Å²) in [4.78, 5) is 12.2. The largest absolute Gasteiger partial charge is 0.464 e. The Bertz CT molecular complexity index is 466.